The first-order valence-corrected chi connectivity index (χ1v) is 9.20. The van der Waals surface area contributed by atoms with Crippen LogP contribution in [-0.4, -0.2) is 31.2 Å². The van der Waals surface area contributed by atoms with Gasteiger partial charge in [0.1, 0.15) is 17.5 Å². The summed E-state index contributed by atoms with van der Waals surface area (Å²) in [4.78, 5) is 16.8. The van der Waals surface area contributed by atoms with Crippen LogP contribution in [0.5, 0.6) is 0 Å². The van der Waals surface area contributed by atoms with Crippen LogP contribution in [0.1, 0.15) is 38.3 Å². The lowest BCUT2D eigenvalue weighted by Gasteiger charge is -2.30. The summed E-state index contributed by atoms with van der Waals surface area (Å²) < 4.78 is 28.8. The average molecular weight is 391 g/mol. The van der Waals surface area contributed by atoms with Gasteiger partial charge < -0.3 is 9.88 Å². The van der Waals surface area contributed by atoms with Gasteiger partial charge in [-0.05, 0) is 53.1 Å². The fourth-order valence-corrected chi connectivity index (χ4v) is 3.19. The highest BCUT2D eigenvalue weighted by atomic mass is 19.1. The number of halogens is 2. The van der Waals surface area contributed by atoms with E-state index in [1.54, 1.807) is 25.3 Å². The lowest BCUT2D eigenvalue weighted by atomic mass is 9.57. The Morgan fingerprint density at radius 3 is 2.34 bits per heavy atom. The Balaban J connectivity index is 2.00. The molecule has 1 N–H and O–H groups in total. The van der Waals surface area contributed by atoms with Gasteiger partial charge in [0, 0.05) is 18.7 Å². The minimum absolute atomic E-state index is 0.0766. The zero-order valence-corrected chi connectivity index (χ0v) is 16.9. The topological polar surface area (TPSA) is 46.9 Å². The summed E-state index contributed by atoms with van der Waals surface area (Å²) in [5, 5.41) is 1.13. The van der Waals surface area contributed by atoms with Gasteiger partial charge in [-0.1, -0.05) is 20.8 Å². The number of aromatic nitrogens is 2. The van der Waals surface area contributed by atoms with E-state index in [1.807, 2.05) is 20.8 Å². The molecule has 0 saturated carbocycles. The second-order valence-electron chi connectivity index (χ2n) is 8.51. The third-order valence-corrected chi connectivity index (χ3v) is 4.53. The molecule has 29 heavy (non-hydrogen) atoms. The van der Waals surface area contributed by atoms with Crippen molar-refractivity contribution in [2.24, 2.45) is 5.41 Å². The maximum atomic E-state index is 13.7. The highest BCUT2D eigenvalue weighted by Gasteiger charge is 2.25. The summed E-state index contributed by atoms with van der Waals surface area (Å²) >= 11 is 0. The number of nitrogens with zero attached hydrogens (tertiary/aromatic N) is 2. The number of benzene rings is 1. The lowest BCUT2D eigenvalue weighted by Crippen LogP contribution is -2.35. The Morgan fingerprint density at radius 2 is 1.76 bits per heavy atom. The number of pyridine rings is 1. The molecule has 0 atom stereocenters. The molecule has 0 aliphatic heterocycles. The van der Waals surface area contributed by atoms with Crippen LogP contribution in [0.15, 0.2) is 36.5 Å². The van der Waals surface area contributed by atoms with Crippen LogP contribution in [0.25, 0.3) is 11.0 Å². The molecule has 3 rings (SSSR count). The third kappa shape index (κ3) is 4.52. The Morgan fingerprint density at radius 1 is 1.14 bits per heavy atom. The summed E-state index contributed by atoms with van der Waals surface area (Å²) in [6.45, 7) is 7.74. The van der Waals surface area contributed by atoms with Crippen molar-refractivity contribution >= 4 is 38.5 Å². The van der Waals surface area contributed by atoms with E-state index in [4.69, 9.17) is 15.7 Å². The van der Waals surface area contributed by atoms with Crippen LogP contribution in [-0.2, 0) is 10.1 Å². The Hall–Kier alpha value is -2.63. The number of amides is 1. The van der Waals surface area contributed by atoms with E-state index < -0.39 is 17.0 Å². The van der Waals surface area contributed by atoms with Gasteiger partial charge in [-0.15, -0.1) is 0 Å². The predicted octanol–water partition coefficient (Wildman–Crippen LogP) is 3.99. The zero-order valence-electron chi connectivity index (χ0n) is 16.9. The van der Waals surface area contributed by atoms with Gasteiger partial charge in [0.25, 0.3) is 0 Å². The van der Waals surface area contributed by atoms with E-state index in [0.717, 1.165) is 18.2 Å². The first-order valence-electron chi connectivity index (χ1n) is 9.20. The van der Waals surface area contributed by atoms with Crippen molar-refractivity contribution in [3.05, 3.63) is 59.3 Å². The lowest BCUT2D eigenvalue weighted by molar-refractivity contribution is -0.117. The quantitative estimate of drug-likeness (QED) is 0.684. The molecular formula is C21H21B2F2N3O. The maximum absolute atomic E-state index is 13.7. The minimum Gasteiger partial charge on any atom is -0.354 e. The molecule has 0 aliphatic carbocycles. The van der Waals surface area contributed by atoms with Gasteiger partial charge in [-0.3, -0.25) is 4.79 Å². The number of carbonyl (C=O) groups excluding carboxylic acids is 1. The first-order chi connectivity index (χ1) is 13.4. The van der Waals surface area contributed by atoms with E-state index in [-0.39, 0.29) is 16.9 Å². The number of hydrogen-bond acceptors (Lipinski definition) is 2. The molecule has 4 nitrogen and oxygen atoms in total. The van der Waals surface area contributed by atoms with E-state index >= 15 is 0 Å². The Labute approximate surface area is 171 Å². The molecular weight excluding hydrogens is 370 g/mol. The molecule has 146 valence electrons. The van der Waals surface area contributed by atoms with E-state index in [1.165, 1.54) is 4.57 Å². The standard InChI is InChI=1S/C21H21B2F2N3O/c1-12-7-17-16(26-19(12)27-18(29)11-20(2,3)4)5-6-28(17)21(22,23)13-8-14(24)10-15(25)9-13/h5-10H,11H2,1-4H3,(H,26,27,29). The molecule has 8 heteroatoms. The SMILES string of the molecule is [B]C([B])(c1cc(F)cc(F)c1)n1ccc2nc(NC(=O)CC(C)(C)C)c(C)cc21. The number of nitrogens with one attached hydrogen (secondary N) is 1. The van der Waals surface area contributed by atoms with Crippen molar-refractivity contribution in [1.82, 2.24) is 9.55 Å². The fourth-order valence-electron chi connectivity index (χ4n) is 3.19. The van der Waals surface area contributed by atoms with Gasteiger partial charge in [0.2, 0.25) is 5.91 Å². The summed E-state index contributed by atoms with van der Waals surface area (Å²) in [7, 11) is 12.5. The van der Waals surface area contributed by atoms with Crippen LogP contribution in [0.4, 0.5) is 14.6 Å². The van der Waals surface area contributed by atoms with Crippen LogP contribution >= 0.6 is 0 Å². The van der Waals surface area contributed by atoms with Crippen molar-refractivity contribution in [2.75, 3.05) is 5.32 Å². The summed E-state index contributed by atoms with van der Waals surface area (Å²) in [6.07, 6.45) is 1.95. The Kier molecular flexibility index (Phi) is 5.32. The average Bonchev–Trinajstić information content (AvgIpc) is 2.95. The molecule has 0 fully saturated rings. The number of carbonyl (C=O) groups is 1. The molecule has 1 aromatic carbocycles. The number of rotatable bonds is 4. The van der Waals surface area contributed by atoms with Crippen molar-refractivity contribution in [2.45, 2.75) is 39.5 Å². The molecule has 2 heterocycles. The normalized spacial score (nSPS) is 12.3. The number of fused-ring (bicyclic) bond motifs is 1. The number of anilines is 1. The molecule has 0 saturated heterocycles. The van der Waals surface area contributed by atoms with E-state index in [9.17, 15) is 13.6 Å². The van der Waals surface area contributed by atoms with Gasteiger partial charge in [0.05, 0.1) is 26.7 Å². The van der Waals surface area contributed by atoms with E-state index in [0.29, 0.717) is 28.8 Å². The highest BCUT2D eigenvalue weighted by Crippen LogP contribution is 2.29. The van der Waals surface area contributed by atoms with E-state index in [2.05, 4.69) is 10.3 Å². The van der Waals surface area contributed by atoms with Gasteiger partial charge in [-0.25, -0.2) is 13.8 Å². The first kappa shape index (κ1) is 21.1. The number of aryl methyl sites for hydroxylation is 1. The summed E-state index contributed by atoms with van der Waals surface area (Å²) in [5.41, 5.74) is 1.75. The second-order valence-corrected chi connectivity index (χ2v) is 8.51. The van der Waals surface area contributed by atoms with Crippen molar-refractivity contribution in [3.63, 3.8) is 0 Å². The van der Waals surface area contributed by atoms with Crippen LogP contribution in [0.2, 0.25) is 0 Å². The largest absolute Gasteiger partial charge is 0.354 e. The van der Waals surface area contributed by atoms with Crippen LogP contribution in [0, 0.1) is 24.0 Å². The smallest absolute Gasteiger partial charge is 0.226 e. The fraction of sp³-hybridized carbons (Fsp3) is 0.333. The van der Waals surface area contributed by atoms with Crippen LogP contribution in [0.3, 0.4) is 0 Å². The predicted molar refractivity (Wildman–Crippen MR) is 112 cm³/mol. The molecule has 0 unspecified atom stereocenters. The summed E-state index contributed by atoms with van der Waals surface area (Å²) in [5.74, 6) is -1.22. The molecule has 1 amide bonds. The molecule has 3 aromatic rings. The second kappa shape index (κ2) is 7.32. The molecule has 0 spiro atoms. The maximum Gasteiger partial charge on any atom is 0.226 e. The molecule has 4 radical (unpaired) electrons. The summed E-state index contributed by atoms with van der Waals surface area (Å²) in [6, 6.07) is 6.40. The highest BCUT2D eigenvalue weighted by molar-refractivity contribution is 6.40. The van der Waals surface area contributed by atoms with Gasteiger partial charge >= 0.3 is 0 Å². The van der Waals surface area contributed by atoms with Gasteiger partial charge in [0.15, 0.2) is 0 Å². The minimum atomic E-state index is -1.70. The van der Waals surface area contributed by atoms with Crippen molar-refractivity contribution in [1.29, 1.82) is 0 Å². The van der Waals surface area contributed by atoms with Crippen LogP contribution < -0.4 is 5.32 Å². The monoisotopic (exact) mass is 391 g/mol. The van der Waals surface area contributed by atoms with Crippen molar-refractivity contribution < 1.29 is 13.6 Å². The molecule has 0 bridgehead atoms. The Bertz CT molecular complexity index is 1070. The number of hydrogen-bond donors (Lipinski definition) is 1. The molecule has 2 aromatic heterocycles. The van der Waals surface area contributed by atoms with Crippen molar-refractivity contribution in [3.8, 4) is 0 Å². The third-order valence-electron chi connectivity index (χ3n) is 4.53. The molecule has 0 aliphatic rings. The zero-order chi connectivity index (χ0) is 21.6. The van der Waals surface area contributed by atoms with Gasteiger partial charge in [-0.2, -0.15) is 0 Å².